The molecule has 0 unspecified atom stereocenters. The standard InChI is InChI=1S/C23H19ClN2O5/c1-14-8-9-15(2)20(12-14)25-22(27)21(16-6-4-3-5-7-16)31-23(28)18-11-10-17(26(29)30)13-19(18)24/h3-13,21H,1-2H3,(H,25,27)/t21-/m1/s1. The third-order valence-electron chi connectivity index (χ3n) is 4.60. The highest BCUT2D eigenvalue weighted by Gasteiger charge is 2.27. The first kappa shape index (κ1) is 22.0. The second-order valence-corrected chi connectivity index (χ2v) is 7.33. The third kappa shape index (κ3) is 5.26. The summed E-state index contributed by atoms with van der Waals surface area (Å²) in [6, 6.07) is 17.6. The van der Waals surface area contributed by atoms with Crippen molar-refractivity contribution in [3.05, 3.63) is 104 Å². The van der Waals surface area contributed by atoms with E-state index in [0.29, 0.717) is 11.3 Å². The van der Waals surface area contributed by atoms with Crippen LogP contribution in [-0.2, 0) is 9.53 Å². The zero-order valence-electron chi connectivity index (χ0n) is 16.8. The largest absolute Gasteiger partial charge is 0.444 e. The number of carbonyl (C=O) groups is 2. The number of aryl methyl sites for hydroxylation is 2. The number of halogens is 1. The summed E-state index contributed by atoms with van der Waals surface area (Å²) in [5.74, 6) is -1.41. The highest BCUT2D eigenvalue weighted by atomic mass is 35.5. The molecule has 7 nitrogen and oxygen atoms in total. The number of amides is 1. The molecule has 0 fully saturated rings. The van der Waals surface area contributed by atoms with Crippen LogP contribution in [-0.4, -0.2) is 16.8 Å². The molecule has 0 radical (unpaired) electrons. The van der Waals surface area contributed by atoms with E-state index in [-0.39, 0.29) is 16.3 Å². The first-order chi connectivity index (χ1) is 14.8. The summed E-state index contributed by atoms with van der Waals surface area (Å²) in [5, 5.41) is 13.6. The van der Waals surface area contributed by atoms with Gasteiger partial charge in [0.25, 0.3) is 11.6 Å². The minimum atomic E-state index is -1.25. The maximum atomic E-state index is 13.1. The van der Waals surface area contributed by atoms with Crippen LogP contribution in [0.3, 0.4) is 0 Å². The fourth-order valence-corrected chi connectivity index (χ4v) is 3.18. The molecule has 3 rings (SSSR count). The van der Waals surface area contributed by atoms with Crippen LogP contribution < -0.4 is 5.32 Å². The Labute approximate surface area is 183 Å². The van der Waals surface area contributed by atoms with Crippen LogP contribution in [0.25, 0.3) is 0 Å². The van der Waals surface area contributed by atoms with E-state index in [0.717, 1.165) is 23.3 Å². The van der Waals surface area contributed by atoms with Gasteiger partial charge in [-0.05, 0) is 37.1 Å². The van der Waals surface area contributed by atoms with Gasteiger partial charge in [-0.3, -0.25) is 14.9 Å². The molecule has 8 heteroatoms. The summed E-state index contributed by atoms with van der Waals surface area (Å²) < 4.78 is 5.50. The number of nitrogens with zero attached hydrogens (tertiary/aromatic N) is 1. The molecule has 0 aliphatic carbocycles. The van der Waals surface area contributed by atoms with E-state index < -0.39 is 22.9 Å². The van der Waals surface area contributed by atoms with Crippen molar-refractivity contribution in [3.63, 3.8) is 0 Å². The van der Waals surface area contributed by atoms with Crippen LogP contribution in [0.15, 0.2) is 66.7 Å². The molecule has 3 aromatic carbocycles. The summed E-state index contributed by atoms with van der Waals surface area (Å²) in [6.07, 6.45) is -1.25. The Morgan fingerprint density at radius 1 is 1.03 bits per heavy atom. The Hall–Kier alpha value is -3.71. The van der Waals surface area contributed by atoms with Crippen molar-refractivity contribution in [1.29, 1.82) is 0 Å². The number of non-ortho nitro benzene ring substituents is 1. The van der Waals surface area contributed by atoms with Gasteiger partial charge in [0.1, 0.15) is 0 Å². The van der Waals surface area contributed by atoms with Crippen molar-refractivity contribution >= 4 is 34.9 Å². The van der Waals surface area contributed by atoms with Gasteiger partial charge in [0.15, 0.2) is 0 Å². The summed E-state index contributed by atoms with van der Waals surface area (Å²) in [5.41, 5.74) is 2.57. The zero-order valence-corrected chi connectivity index (χ0v) is 17.6. The van der Waals surface area contributed by atoms with Crippen LogP contribution in [0, 0.1) is 24.0 Å². The topological polar surface area (TPSA) is 98.5 Å². The molecule has 1 atom stereocenters. The minimum absolute atomic E-state index is 0.0762. The van der Waals surface area contributed by atoms with Crippen molar-refractivity contribution in [2.45, 2.75) is 20.0 Å². The van der Waals surface area contributed by atoms with Gasteiger partial charge in [0.05, 0.1) is 15.5 Å². The van der Waals surface area contributed by atoms with Gasteiger partial charge >= 0.3 is 5.97 Å². The number of hydrogen-bond donors (Lipinski definition) is 1. The Morgan fingerprint density at radius 3 is 2.39 bits per heavy atom. The maximum Gasteiger partial charge on any atom is 0.340 e. The number of rotatable bonds is 6. The SMILES string of the molecule is Cc1ccc(C)c(NC(=O)[C@H](OC(=O)c2ccc([N+](=O)[O-])cc2Cl)c2ccccc2)c1. The second kappa shape index (κ2) is 9.40. The number of carbonyl (C=O) groups excluding carboxylic acids is 2. The van der Waals surface area contributed by atoms with E-state index in [1.165, 1.54) is 6.07 Å². The lowest BCUT2D eigenvalue weighted by atomic mass is 10.1. The molecule has 0 aliphatic rings. The molecular formula is C23H19ClN2O5. The fraction of sp³-hybridized carbons (Fsp3) is 0.130. The number of ether oxygens (including phenoxy) is 1. The van der Waals surface area contributed by atoms with E-state index in [2.05, 4.69) is 5.32 Å². The smallest absolute Gasteiger partial charge is 0.340 e. The highest BCUT2D eigenvalue weighted by Crippen LogP contribution is 2.27. The van der Waals surface area contributed by atoms with E-state index in [4.69, 9.17) is 16.3 Å². The average molecular weight is 439 g/mol. The molecule has 0 saturated carbocycles. The molecule has 0 bridgehead atoms. The molecule has 158 valence electrons. The van der Waals surface area contributed by atoms with Crippen LogP contribution >= 0.6 is 11.6 Å². The number of hydrogen-bond acceptors (Lipinski definition) is 5. The summed E-state index contributed by atoms with van der Waals surface area (Å²) in [4.78, 5) is 36.1. The summed E-state index contributed by atoms with van der Waals surface area (Å²) in [7, 11) is 0. The normalized spacial score (nSPS) is 11.5. The lowest BCUT2D eigenvalue weighted by Crippen LogP contribution is -2.26. The van der Waals surface area contributed by atoms with Crippen molar-refractivity contribution in [3.8, 4) is 0 Å². The van der Waals surface area contributed by atoms with E-state index in [9.17, 15) is 19.7 Å². The average Bonchev–Trinajstić information content (AvgIpc) is 2.74. The van der Waals surface area contributed by atoms with E-state index >= 15 is 0 Å². The number of nitro groups is 1. The van der Waals surface area contributed by atoms with E-state index in [1.807, 2.05) is 32.0 Å². The molecule has 0 heterocycles. The molecule has 0 aliphatic heterocycles. The number of benzene rings is 3. The predicted octanol–water partition coefficient (Wildman–Crippen LogP) is 5.40. The lowest BCUT2D eigenvalue weighted by Gasteiger charge is -2.19. The second-order valence-electron chi connectivity index (χ2n) is 6.92. The molecule has 0 saturated heterocycles. The maximum absolute atomic E-state index is 13.1. The van der Waals surface area contributed by atoms with Crippen molar-refractivity contribution in [1.82, 2.24) is 0 Å². The van der Waals surface area contributed by atoms with Crippen LogP contribution in [0.1, 0.15) is 33.2 Å². The lowest BCUT2D eigenvalue weighted by molar-refractivity contribution is -0.384. The Bertz CT molecular complexity index is 1150. The minimum Gasteiger partial charge on any atom is -0.444 e. The number of esters is 1. The predicted molar refractivity (Wildman–Crippen MR) is 117 cm³/mol. The number of nitro benzene ring substituents is 1. The van der Waals surface area contributed by atoms with Gasteiger partial charge in [-0.25, -0.2) is 4.79 Å². The summed E-state index contributed by atoms with van der Waals surface area (Å²) in [6.45, 7) is 3.76. The van der Waals surface area contributed by atoms with Gasteiger partial charge in [0, 0.05) is 23.4 Å². The molecule has 0 spiro atoms. The third-order valence-corrected chi connectivity index (χ3v) is 4.91. The quantitative estimate of drug-likeness (QED) is 0.315. The van der Waals surface area contributed by atoms with Crippen molar-refractivity contribution < 1.29 is 19.2 Å². The Morgan fingerprint density at radius 2 is 1.74 bits per heavy atom. The molecule has 31 heavy (non-hydrogen) atoms. The van der Waals surface area contributed by atoms with Crippen LogP contribution in [0.5, 0.6) is 0 Å². The van der Waals surface area contributed by atoms with Crippen LogP contribution in [0.2, 0.25) is 5.02 Å². The Balaban J connectivity index is 1.89. The Kier molecular flexibility index (Phi) is 6.67. The molecule has 1 amide bonds. The van der Waals surface area contributed by atoms with Crippen molar-refractivity contribution in [2.24, 2.45) is 0 Å². The van der Waals surface area contributed by atoms with Crippen LogP contribution in [0.4, 0.5) is 11.4 Å². The van der Waals surface area contributed by atoms with Gasteiger partial charge in [-0.15, -0.1) is 0 Å². The molecule has 3 aromatic rings. The first-order valence-corrected chi connectivity index (χ1v) is 9.72. The van der Waals surface area contributed by atoms with Crippen molar-refractivity contribution in [2.75, 3.05) is 5.32 Å². The monoisotopic (exact) mass is 438 g/mol. The molecule has 1 N–H and O–H groups in total. The highest BCUT2D eigenvalue weighted by molar-refractivity contribution is 6.33. The van der Waals surface area contributed by atoms with Gasteiger partial charge in [0.2, 0.25) is 6.10 Å². The van der Waals surface area contributed by atoms with Gasteiger partial charge < -0.3 is 10.1 Å². The first-order valence-electron chi connectivity index (χ1n) is 9.34. The molecular weight excluding hydrogens is 420 g/mol. The fourth-order valence-electron chi connectivity index (χ4n) is 2.92. The van der Waals surface area contributed by atoms with E-state index in [1.54, 1.807) is 30.3 Å². The summed E-state index contributed by atoms with van der Waals surface area (Å²) >= 11 is 6.04. The number of nitrogens with one attached hydrogen (secondary N) is 1. The molecule has 0 aromatic heterocycles. The van der Waals surface area contributed by atoms with Gasteiger partial charge in [-0.1, -0.05) is 54.1 Å². The van der Waals surface area contributed by atoms with Gasteiger partial charge in [-0.2, -0.15) is 0 Å². The zero-order chi connectivity index (χ0) is 22.5. The number of anilines is 1.